The van der Waals surface area contributed by atoms with E-state index in [-0.39, 0.29) is 0 Å². The fourth-order valence-electron chi connectivity index (χ4n) is 0.943. The fraction of sp³-hybridized carbons (Fsp3) is 0.143. The molecule has 0 N–H and O–H groups in total. The summed E-state index contributed by atoms with van der Waals surface area (Å²) in [5.74, 6) is -7.33. The Labute approximate surface area is 77.2 Å². The fourth-order valence-corrected chi connectivity index (χ4v) is 0.943. The molecule has 0 bridgehead atoms. The van der Waals surface area contributed by atoms with Crippen LogP contribution in [0.15, 0.2) is 34.7 Å². The Hall–Kier alpha value is -1.34. The maximum Gasteiger partial charge on any atom is 0.420 e. The summed E-state index contributed by atoms with van der Waals surface area (Å²) in [6.45, 7) is 0. The van der Waals surface area contributed by atoms with Gasteiger partial charge in [0.2, 0.25) is 0 Å². The highest BCUT2D eigenvalue weighted by molar-refractivity contribution is 5.62. The first-order chi connectivity index (χ1) is 6.68. The second-order valence-electron chi connectivity index (χ2n) is 2.45. The van der Waals surface area contributed by atoms with Crippen molar-refractivity contribution in [1.29, 1.82) is 0 Å². The molecular weight excluding hydrogens is 236 g/mol. The van der Waals surface area contributed by atoms with Crippen LogP contribution in [0.2, 0.25) is 0 Å². The number of halogens is 8. The molecular formula is C7F8. The Balaban J connectivity index is 3.28. The van der Waals surface area contributed by atoms with Crippen molar-refractivity contribution in [1.82, 2.24) is 0 Å². The van der Waals surface area contributed by atoms with Crippen molar-refractivity contribution in [2.75, 3.05) is 0 Å². The zero-order valence-corrected chi connectivity index (χ0v) is 6.52. The molecule has 1 aliphatic rings. The molecule has 0 atom stereocenters. The van der Waals surface area contributed by atoms with Crippen molar-refractivity contribution in [3.8, 4) is 0 Å². The van der Waals surface area contributed by atoms with Crippen LogP contribution in [0, 0.1) is 0 Å². The molecule has 0 heterocycles. The van der Waals surface area contributed by atoms with Crippen LogP contribution >= 0.6 is 0 Å². The van der Waals surface area contributed by atoms with Crippen LogP contribution in [0.25, 0.3) is 0 Å². The van der Waals surface area contributed by atoms with Crippen molar-refractivity contribution in [2.24, 2.45) is 0 Å². The molecule has 8 heteroatoms. The lowest BCUT2D eigenvalue weighted by Crippen LogP contribution is -2.22. The van der Waals surface area contributed by atoms with Crippen molar-refractivity contribution in [3.05, 3.63) is 34.7 Å². The molecule has 84 valence electrons. The normalized spacial score (nSPS) is 16.8. The van der Waals surface area contributed by atoms with E-state index >= 15 is 0 Å². The molecule has 0 saturated carbocycles. The Morgan fingerprint density at radius 3 is 1.67 bits per heavy atom. The van der Waals surface area contributed by atoms with E-state index in [1.807, 2.05) is 0 Å². The summed E-state index contributed by atoms with van der Waals surface area (Å²) in [7, 11) is 0. The van der Waals surface area contributed by atoms with Gasteiger partial charge in [-0.3, -0.25) is 0 Å². The number of allylic oxidation sites excluding steroid dienone is 5. The minimum Gasteiger partial charge on any atom is -0.203 e. The van der Waals surface area contributed by atoms with Crippen molar-refractivity contribution >= 4 is 0 Å². The van der Waals surface area contributed by atoms with Crippen LogP contribution in [-0.2, 0) is 0 Å². The SMILES string of the molecule is FC(F)=C(F)C1=C(C(F)(F)F)C(F)=C1F. The quantitative estimate of drug-likeness (QED) is 0.601. The number of hydrogen-bond donors (Lipinski definition) is 0. The largest absolute Gasteiger partial charge is 0.420 e. The highest BCUT2D eigenvalue weighted by Crippen LogP contribution is 2.49. The molecule has 0 aromatic carbocycles. The topological polar surface area (TPSA) is 0 Å². The van der Waals surface area contributed by atoms with Crippen molar-refractivity contribution in [2.45, 2.75) is 6.18 Å². The number of rotatable bonds is 1. The molecule has 0 fully saturated rings. The van der Waals surface area contributed by atoms with Gasteiger partial charge in [-0.25, -0.2) is 13.2 Å². The molecule has 0 nitrogen and oxygen atoms in total. The van der Waals surface area contributed by atoms with Gasteiger partial charge in [-0.2, -0.15) is 22.0 Å². The third kappa shape index (κ3) is 1.75. The molecule has 0 spiro atoms. The van der Waals surface area contributed by atoms with Gasteiger partial charge in [0, 0.05) is 0 Å². The summed E-state index contributed by atoms with van der Waals surface area (Å²) in [6, 6.07) is 0. The van der Waals surface area contributed by atoms with E-state index in [1.165, 1.54) is 0 Å². The molecule has 0 amide bonds. The maximum atomic E-state index is 12.3. The first-order valence-electron chi connectivity index (χ1n) is 3.26. The highest BCUT2D eigenvalue weighted by Gasteiger charge is 2.49. The first kappa shape index (κ1) is 11.7. The van der Waals surface area contributed by atoms with E-state index in [2.05, 4.69) is 0 Å². The summed E-state index contributed by atoms with van der Waals surface area (Å²) >= 11 is 0. The van der Waals surface area contributed by atoms with E-state index in [1.54, 1.807) is 0 Å². The summed E-state index contributed by atoms with van der Waals surface area (Å²) < 4.78 is 95.6. The van der Waals surface area contributed by atoms with Gasteiger partial charge in [-0.15, -0.1) is 0 Å². The molecule has 1 rings (SSSR count). The van der Waals surface area contributed by atoms with Gasteiger partial charge in [0.15, 0.2) is 17.5 Å². The Morgan fingerprint density at radius 1 is 0.867 bits per heavy atom. The molecule has 15 heavy (non-hydrogen) atoms. The summed E-state index contributed by atoms with van der Waals surface area (Å²) in [5, 5.41) is 0. The van der Waals surface area contributed by atoms with Gasteiger partial charge in [0.05, 0.1) is 5.57 Å². The van der Waals surface area contributed by atoms with Crippen LogP contribution in [-0.4, -0.2) is 6.18 Å². The average Bonchev–Trinajstić information content (AvgIpc) is 2.09. The van der Waals surface area contributed by atoms with Gasteiger partial charge in [0.25, 0.3) is 0 Å². The number of hydrogen-bond acceptors (Lipinski definition) is 0. The lowest BCUT2D eigenvalue weighted by atomic mass is 9.93. The third-order valence-corrected chi connectivity index (χ3v) is 1.55. The second kappa shape index (κ2) is 3.35. The lowest BCUT2D eigenvalue weighted by Gasteiger charge is -2.21. The van der Waals surface area contributed by atoms with E-state index < -0.39 is 40.9 Å². The monoisotopic (exact) mass is 236 g/mol. The van der Waals surface area contributed by atoms with E-state index in [9.17, 15) is 35.1 Å². The standard InChI is InChI=1S/C7F8/c8-3-1(4(9)6(11)12)2(5(3)10)7(13,14)15. The predicted octanol–water partition coefficient (Wildman–Crippen LogP) is 4.09. The zero-order valence-electron chi connectivity index (χ0n) is 6.52. The second-order valence-corrected chi connectivity index (χ2v) is 2.45. The van der Waals surface area contributed by atoms with Crippen LogP contribution in [0.4, 0.5) is 35.1 Å². The van der Waals surface area contributed by atoms with Crippen LogP contribution < -0.4 is 0 Å². The van der Waals surface area contributed by atoms with E-state index in [0.717, 1.165) is 0 Å². The van der Waals surface area contributed by atoms with Gasteiger partial charge in [-0.1, -0.05) is 0 Å². The average molecular weight is 236 g/mol. The molecule has 0 aliphatic heterocycles. The van der Waals surface area contributed by atoms with Crippen LogP contribution in [0.1, 0.15) is 0 Å². The summed E-state index contributed by atoms with van der Waals surface area (Å²) in [6.07, 6.45) is -8.56. The zero-order chi connectivity index (χ0) is 12.0. The first-order valence-corrected chi connectivity index (χ1v) is 3.26. The van der Waals surface area contributed by atoms with E-state index in [0.29, 0.717) is 0 Å². The molecule has 0 unspecified atom stereocenters. The third-order valence-electron chi connectivity index (χ3n) is 1.55. The smallest absolute Gasteiger partial charge is 0.203 e. The molecule has 0 aromatic heterocycles. The van der Waals surface area contributed by atoms with Gasteiger partial charge in [0.1, 0.15) is 5.57 Å². The molecule has 1 aliphatic carbocycles. The Kier molecular flexibility index (Phi) is 2.62. The number of alkyl halides is 3. The van der Waals surface area contributed by atoms with Crippen molar-refractivity contribution < 1.29 is 35.1 Å². The lowest BCUT2D eigenvalue weighted by molar-refractivity contribution is -0.0938. The minimum atomic E-state index is -5.41. The Morgan fingerprint density at radius 2 is 1.33 bits per heavy atom. The van der Waals surface area contributed by atoms with Crippen LogP contribution in [0.5, 0.6) is 0 Å². The molecule has 0 radical (unpaired) electrons. The van der Waals surface area contributed by atoms with Crippen molar-refractivity contribution in [3.63, 3.8) is 0 Å². The Bertz CT molecular complexity index is 390. The molecule has 0 aromatic rings. The predicted molar refractivity (Wildman–Crippen MR) is 32.7 cm³/mol. The molecule has 0 saturated heterocycles. The summed E-state index contributed by atoms with van der Waals surface area (Å²) in [4.78, 5) is 0. The minimum absolute atomic E-state index is 2.07. The summed E-state index contributed by atoms with van der Waals surface area (Å²) in [5.41, 5.74) is -4.41. The maximum absolute atomic E-state index is 12.3. The van der Waals surface area contributed by atoms with Gasteiger partial charge >= 0.3 is 12.3 Å². The van der Waals surface area contributed by atoms with Crippen LogP contribution in [0.3, 0.4) is 0 Å². The highest BCUT2D eigenvalue weighted by atomic mass is 19.4. The van der Waals surface area contributed by atoms with Gasteiger partial charge in [-0.05, 0) is 0 Å². The van der Waals surface area contributed by atoms with E-state index in [4.69, 9.17) is 0 Å². The van der Waals surface area contributed by atoms with Gasteiger partial charge < -0.3 is 0 Å².